The van der Waals surface area contributed by atoms with Crippen LogP contribution in [-0.2, 0) is 22.1 Å². The molecule has 2 aliphatic heterocycles. The number of alkyl halides is 3. The van der Waals surface area contributed by atoms with E-state index in [9.17, 15) is 18.0 Å². The Bertz CT molecular complexity index is 1130. The molecule has 38 heavy (non-hydrogen) atoms. The maximum atomic E-state index is 13.8. The van der Waals surface area contributed by atoms with Crippen molar-refractivity contribution in [3.05, 3.63) is 47.3 Å². The minimum atomic E-state index is -4.69. The van der Waals surface area contributed by atoms with Gasteiger partial charge in [-0.05, 0) is 62.1 Å². The van der Waals surface area contributed by atoms with Crippen LogP contribution in [0.5, 0.6) is 0 Å². The molecule has 11 heteroatoms. The van der Waals surface area contributed by atoms with Gasteiger partial charge in [-0.2, -0.15) is 18.4 Å². The second kappa shape index (κ2) is 12.4. The van der Waals surface area contributed by atoms with Gasteiger partial charge >= 0.3 is 6.18 Å². The average Bonchev–Trinajstić information content (AvgIpc) is 3.42. The largest absolute Gasteiger partial charge is 0.451 e. The number of carbonyl (C=O) groups excluding carboxylic acids is 1. The van der Waals surface area contributed by atoms with Gasteiger partial charge in [0, 0.05) is 46.0 Å². The van der Waals surface area contributed by atoms with Crippen LogP contribution in [0.25, 0.3) is 0 Å². The number of nitrogens with one attached hydrogen (secondary N) is 1. The van der Waals surface area contributed by atoms with E-state index in [1.165, 1.54) is 0 Å². The Morgan fingerprint density at radius 2 is 1.84 bits per heavy atom. The Morgan fingerprint density at radius 3 is 2.50 bits per heavy atom. The van der Waals surface area contributed by atoms with Crippen LogP contribution in [-0.4, -0.2) is 61.8 Å². The van der Waals surface area contributed by atoms with E-state index in [-0.39, 0.29) is 17.5 Å². The molecule has 2 fully saturated rings. The molecule has 0 spiro atoms. The van der Waals surface area contributed by atoms with Crippen LogP contribution >= 0.6 is 0 Å². The number of nitriles is 1. The number of hydrogen-bond donors (Lipinski definition) is 1. The number of anilines is 2. The number of hydrogen-bond acceptors (Lipinski definition) is 7. The standard InChI is InChI=1S/C27H33F3N6O2/c1-38-16-11-20-9-14-35(15-10-20)23-17-24(34-26(33-23)27(28,29)30)36-13-2-3-22(36)25(37)32-12-8-19-4-6-21(18-31)7-5-19/h4-7,17,20,22H,2-3,8-16H2,1H3,(H,32,37). The van der Waals surface area contributed by atoms with Gasteiger partial charge in [0.1, 0.15) is 17.7 Å². The monoisotopic (exact) mass is 530 g/mol. The number of benzene rings is 1. The topological polar surface area (TPSA) is 94.4 Å². The quantitative estimate of drug-likeness (QED) is 0.525. The molecule has 1 atom stereocenters. The van der Waals surface area contributed by atoms with Crippen LogP contribution in [0.1, 0.15) is 49.1 Å². The van der Waals surface area contributed by atoms with Gasteiger partial charge < -0.3 is 19.9 Å². The Hall–Kier alpha value is -3.39. The normalized spacial score (nSPS) is 18.4. The van der Waals surface area contributed by atoms with Crippen molar-refractivity contribution >= 4 is 17.5 Å². The van der Waals surface area contributed by atoms with E-state index in [1.807, 2.05) is 17.0 Å². The summed E-state index contributed by atoms with van der Waals surface area (Å²) in [6.07, 6.45) is -0.243. The third-order valence-corrected chi connectivity index (χ3v) is 7.27. The molecule has 3 heterocycles. The lowest BCUT2D eigenvalue weighted by atomic mass is 9.94. The van der Waals surface area contributed by atoms with Crippen LogP contribution in [0.2, 0.25) is 0 Å². The average molecular weight is 531 g/mol. The van der Waals surface area contributed by atoms with Crippen LogP contribution in [0, 0.1) is 17.2 Å². The maximum absolute atomic E-state index is 13.8. The minimum absolute atomic E-state index is 0.133. The Balaban J connectivity index is 1.45. The zero-order valence-corrected chi connectivity index (χ0v) is 21.5. The molecule has 204 valence electrons. The highest BCUT2D eigenvalue weighted by Crippen LogP contribution is 2.34. The lowest BCUT2D eigenvalue weighted by Crippen LogP contribution is -2.44. The van der Waals surface area contributed by atoms with E-state index in [4.69, 9.17) is 10.00 Å². The molecule has 2 aromatic rings. The molecular weight excluding hydrogens is 497 g/mol. The molecule has 0 saturated carbocycles. The first kappa shape index (κ1) is 27.6. The molecule has 2 saturated heterocycles. The highest BCUT2D eigenvalue weighted by Gasteiger charge is 2.38. The van der Waals surface area contributed by atoms with Gasteiger partial charge in [-0.15, -0.1) is 0 Å². The van der Waals surface area contributed by atoms with Crippen LogP contribution in [0.4, 0.5) is 24.8 Å². The van der Waals surface area contributed by atoms with Crippen molar-refractivity contribution < 1.29 is 22.7 Å². The maximum Gasteiger partial charge on any atom is 0.451 e. The number of nitrogens with zero attached hydrogens (tertiary/aromatic N) is 5. The number of halogens is 3. The lowest BCUT2D eigenvalue weighted by molar-refractivity contribution is -0.144. The number of methoxy groups -OCH3 is 1. The first-order chi connectivity index (χ1) is 18.3. The Kier molecular flexibility index (Phi) is 9.05. The predicted octanol–water partition coefficient (Wildman–Crippen LogP) is 3.95. The lowest BCUT2D eigenvalue weighted by Gasteiger charge is -2.34. The van der Waals surface area contributed by atoms with Gasteiger partial charge in [0.2, 0.25) is 11.7 Å². The molecule has 8 nitrogen and oxygen atoms in total. The highest BCUT2D eigenvalue weighted by atomic mass is 19.4. The van der Waals surface area contributed by atoms with E-state index in [0.29, 0.717) is 63.5 Å². The van der Waals surface area contributed by atoms with E-state index < -0.39 is 18.0 Å². The first-order valence-corrected chi connectivity index (χ1v) is 13.0. The van der Waals surface area contributed by atoms with Gasteiger partial charge in [-0.3, -0.25) is 4.79 Å². The van der Waals surface area contributed by atoms with Gasteiger partial charge in [-0.1, -0.05) is 12.1 Å². The fraction of sp³-hybridized carbons (Fsp3) is 0.556. The molecule has 4 rings (SSSR count). The summed E-state index contributed by atoms with van der Waals surface area (Å²) < 4.78 is 46.4. The van der Waals surface area contributed by atoms with Gasteiger partial charge in [0.15, 0.2) is 0 Å². The third kappa shape index (κ3) is 6.92. The molecule has 0 bridgehead atoms. The van der Waals surface area contributed by atoms with Crippen molar-refractivity contribution in [2.75, 3.05) is 49.7 Å². The summed E-state index contributed by atoms with van der Waals surface area (Å²) in [6, 6.07) is 10.2. The zero-order chi connectivity index (χ0) is 27.1. The second-order valence-corrected chi connectivity index (χ2v) is 9.82. The first-order valence-electron chi connectivity index (χ1n) is 13.0. The van der Waals surface area contributed by atoms with E-state index >= 15 is 0 Å². The molecule has 2 aliphatic rings. The van der Waals surface area contributed by atoms with E-state index in [2.05, 4.69) is 21.4 Å². The Labute approximate surface area is 220 Å². The summed E-state index contributed by atoms with van der Waals surface area (Å²) in [7, 11) is 1.66. The van der Waals surface area contributed by atoms with Gasteiger partial charge in [0.05, 0.1) is 11.6 Å². The molecule has 0 aliphatic carbocycles. The fourth-order valence-electron chi connectivity index (χ4n) is 5.10. The summed E-state index contributed by atoms with van der Waals surface area (Å²) >= 11 is 0. The molecule has 1 aromatic carbocycles. The van der Waals surface area contributed by atoms with Crippen molar-refractivity contribution in [1.29, 1.82) is 5.26 Å². The molecule has 1 N–H and O–H groups in total. The number of ether oxygens (including phenoxy) is 1. The van der Waals surface area contributed by atoms with E-state index in [0.717, 1.165) is 24.8 Å². The van der Waals surface area contributed by atoms with Crippen molar-refractivity contribution in [3.8, 4) is 6.07 Å². The van der Waals surface area contributed by atoms with Crippen molar-refractivity contribution in [1.82, 2.24) is 15.3 Å². The van der Waals surface area contributed by atoms with Crippen LogP contribution in [0.3, 0.4) is 0 Å². The van der Waals surface area contributed by atoms with Crippen molar-refractivity contribution in [2.24, 2.45) is 5.92 Å². The highest BCUT2D eigenvalue weighted by molar-refractivity contribution is 5.85. The van der Waals surface area contributed by atoms with Crippen molar-refractivity contribution in [2.45, 2.75) is 50.7 Å². The summed E-state index contributed by atoms with van der Waals surface area (Å²) in [5.74, 6) is -0.555. The SMILES string of the molecule is COCCC1CCN(c2cc(N3CCCC3C(=O)NCCc3ccc(C#N)cc3)nc(C(F)(F)F)n2)CC1. The van der Waals surface area contributed by atoms with Crippen LogP contribution < -0.4 is 15.1 Å². The summed E-state index contributed by atoms with van der Waals surface area (Å²) in [4.78, 5) is 24.3. The number of piperidine rings is 1. The van der Waals surface area contributed by atoms with E-state index in [1.54, 1.807) is 30.2 Å². The summed E-state index contributed by atoms with van der Waals surface area (Å²) in [6.45, 7) is 2.73. The van der Waals surface area contributed by atoms with Gasteiger partial charge in [0.25, 0.3) is 0 Å². The second-order valence-electron chi connectivity index (χ2n) is 9.82. The Morgan fingerprint density at radius 1 is 1.13 bits per heavy atom. The van der Waals surface area contributed by atoms with Crippen LogP contribution in [0.15, 0.2) is 30.3 Å². The molecular formula is C27H33F3N6O2. The third-order valence-electron chi connectivity index (χ3n) is 7.27. The number of amides is 1. The fourth-order valence-corrected chi connectivity index (χ4v) is 5.10. The number of rotatable bonds is 9. The predicted molar refractivity (Wildman–Crippen MR) is 137 cm³/mol. The summed E-state index contributed by atoms with van der Waals surface area (Å²) in [5, 5.41) is 11.8. The minimum Gasteiger partial charge on any atom is -0.385 e. The molecule has 1 unspecified atom stereocenters. The van der Waals surface area contributed by atoms with Gasteiger partial charge in [-0.25, -0.2) is 9.97 Å². The number of aromatic nitrogens is 2. The number of carbonyl (C=O) groups is 1. The molecule has 1 amide bonds. The van der Waals surface area contributed by atoms with Crippen molar-refractivity contribution in [3.63, 3.8) is 0 Å². The molecule has 1 aromatic heterocycles. The summed E-state index contributed by atoms with van der Waals surface area (Å²) in [5.41, 5.74) is 1.55. The molecule has 0 radical (unpaired) electrons. The zero-order valence-electron chi connectivity index (χ0n) is 21.5. The smallest absolute Gasteiger partial charge is 0.385 e.